The summed E-state index contributed by atoms with van der Waals surface area (Å²) in [7, 11) is 0. The molecule has 2 atom stereocenters. The zero-order valence-corrected chi connectivity index (χ0v) is 10.2. The Balaban J connectivity index is 2.01. The fraction of sp³-hybridized carbons (Fsp3) is 0.583. The number of piperidine rings is 1. The van der Waals surface area contributed by atoms with Crippen molar-refractivity contribution in [3.63, 3.8) is 0 Å². The Kier molecular flexibility index (Phi) is 3.61. The molecular formula is C12H17NO2S. The molecule has 0 amide bonds. The minimum atomic E-state index is -0.650. The second kappa shape index (κ2) is 4.97. The van der Waals surface area contributed by atoms with Gasteiger partial charge in [-0.2, -0.15) is 0 Å². The Bertz CT molecular complexity index is 350. The summed E-state index contributed by atoms with van der Waals surface area (Å²) < 4.78 is 0. The summed E-state index contributed by atoms with van der Waals surface area (Å²) in [6, 6.07) is 4.52. The molecule has 0 aromatic carbocycles. The lowest BCUT2D eigenvalue weighted by molar-refractivity contribution is -0.143. The highest BCUT2D eigenvalue weighted by atomic mass is 32.1. The maximum Gasteiger partial charge on any atom is 0.307 e. The maximum atomic E-state index is 11.0. The number of carbonyl (C=O) groups is 1. The number of aliphatic carboxylic acids is 1. The van der Waals surface area contributed by atoms with Gasteiger partial charge in [0.05, 0.1) is 5.92 Å². The highest BCUT2D eigenvalue weighted by molar-refractivity contribution is 7.10. The Morgan fingerprint density at radius 2 is 2.50 bits per heavy atom. The quantitative estimate of drug-likeness (QED) is 0.881. The van der Waals surface area contributed by atoms with Crippen LogP contribution in [-0.2, 0) is 4.79 Å². The minimum absolute atomic E-state index is 0.184. The van der Waals surface area contributed by atoms with Crippen molar-refractivity contribution in [2.24, 2.45) is 5.92 Å². The van der Waals surface area contributed by atoms with Gasteiger partial charge in [0, 0.05) is 17.5 Å². The zero-order valence-electron chi connectivity index (χ0n) is 9.43. The van der Waals surface area contributed by atoms with Gasteiger partial charge >= 0.3 is 5.97 Å². The molecule has 4 heteroatoms. The van der Waals surface area contributed by atoms with Crippen LogP contribution >= 0.6 is 11.3 Å². The molecule has 3 nitrogen and oxygen atoms in total. The molecule has 1 fully saturated rings. The largest absolute Gasteiger partial charge is 0.481 e. The summed E-state index contributed by atoms with van der Waals surface area (Å²) in [6.07, 6.45) is 1.82. The van der Waals surface area contributed by atoms with Crippen molar-refractivity contribution >= 4 is 17.3 Å². The molecular weight excluding hydrogens is 222 g/mol. The average molecular weight is 239 g/mol. The molecule has 2 heterocycles. The standard InChI is InChI=1S/C12H17NO2S/c1-9(11-5-3-7-16-11)13-6-2-4-10(8-13)12(14)15/h3,5,7,9-10H,2,4,6,8H2,1H3,(H,14,15)/t9-,10-/m1/s1. The number of hydrogen-bond acceptors (Lipinski definition) is 3. The predicted molar refractivity (Wildman–Crippen MR) is 64.7 cm³/mol. The molecule has 0 spiro atoms. The summed E-state index contributed by atoms with van der Waals surface area (Å²) in [6.45, 7) is 3.87. The lowest BCUT2D eigenvalue weighted by Crippen LogP contribution is -2.39. The third kappa shape index (κ3) is 2.44. The van der Waals surface area contributed by atoms with Crippen LogP contribution in [0.5, 0.6) is 0 Å². The predicted octanol–water partition coefficient (Wildman–Crippen LogP) is 2.61. The molecule has 1 aromatic heterocycles. The van der Waals surface area contributed by atoms with E-state index in [1.54, 1.807) is 11.3 Å². The first kappa shape index (κ1) is 11.6. The number of rotatable bonds is 3. The first-order valence-electron chi connectivity index (χ1n) is 5.68. The molecule has 1 aliphatic heterocycles. The maximum absolute atomic E-state index is 11.0. The Morgan fingerprint density at radius 1 is 1.69 bits per heavy atom. The molecule has 0 radical (unpaired) electrons. The highest BCUT2D eigenvalue weighted by Gasteiger charge is 2.28. The third-order valence-electron chi connectivity index (χ3n) is 3.30. The van der Waals surface area contributed by atoms with Gasteiger partial charge in [-0.05, 0) is 37.8 Å². The van der Waals surface area contributed by atoms with Gasteiger partial charge in [-0.1, -0.05) is 6.07 Å². The van der Waals surface area contributed by atoms with E-state index >= 15 is 0 Å². The highest BCUT2D eigenvalue weighted by Crippen LogP contribution is 2.29. The molecule has 0 unspecified atom stereocenters. The summed E-state index contributed by atoms with van der Waals surface area (Å²) in [5.41, 5.74) is 0. The smallest absolute Gasteiger partial charge is 0.307 e. The van der Waals surface area contributed by atoms with Crippen LogP contribution in [0.1, 0.15) is 30.7 Å². The van der Waals surface area contributed by atoms with Gasteiger partial charge in [-0.25, -0.2) is 0 Å². The van der Waals surface area contributed by atoms with E-state index in [4.69, 9.17) is 5.11 Å². The van der Waals surface area contributed by atoms with Crippen molar-refractivity contribution in [2.45, 2.75) is 25.8 Å². The number of thiophene rings is 1. The molecule has 1 saturated heterocycles. The van der Waals surface area contributed by atoms with Crippen LogP contribution in [0.4, 0.5) is 0 Å². The summed E-state index contributed by atoms with van der Waals surface area (Å²) in [4.78, 5) is 14.6. The van der Waals surface area contributed by atoms with Gasteiger partial charge < -0.3 is 5.11 Å². The number of carboxylic acid groups (broad SMARTS) is 1. The van der Waals surface area contributed by atoms with Crippen LogP contribution < -0.4 is 0 Å². The molecule has 1 aliphatic rings. The van der Waals surface area contributed by atoms with Crippen molar-refractivity contribution in [3.8, 4) is 0 Å². The van der Waals surface area contributed by atoms with Gasteiger partial charge in [0.15, 0.2) is 0 Å². The van der Waals surface area contributed by atoms with Crippen LogP contribution in [0, 0.1) is 5.92 Å². The van der Waals surface area contributed by atoms with Crippen LogP contribution in [0.3, 0.4) is 0 Å². The molecule has 0 aliphatic carbocycles. The molecule has 1 aromatic rings. The van der Waals surface area contributed by atoms with Crippen molar-refractivity contribution in [1.82, 2.24) is 4.90 Å². The van der Waals surface area contributed by atoms with E-state index in [1.807, 2.05) is 0 Å². The molecule has 2 rings (SSSR count). The topological polar surface area (TPSA) is 40.5 Å². The number of hydrogen-bond donors (Lipinski definition) is 1. The van der Waals surface area contributed by atoms with Crippen molar-refractivity contribution in [2.75, 3.05) is 13.1 Å². The number of carboxylic acids is 1. The van der Waals surface area contributed by atoms with Crippen molar-refractivity contribution < 1.29 is 9.90 Å². The first-order valence-corrected chi connectivity index (χ1v) is 6.56. The lowest BCUT2D eigenvalue weighted by atomic mass is 9.97. The van der Waals surface area contributed by atoms with E-state index in [2.05, 4.69) is 29.3 Å². The van der Waals surface area contributed by atoms with Crippen LogP contribution in [-0.4, -0.2) is 29.1 Å². The molecule has 0 bridgehead atoms. The van der Waals surface area contributed by atoms with E-state index in [9.17, 15) is 4.79 Å². The minimum Gasteiger partial charge on any atom is -0.481 e. The molecule has 0 saturated carbocycles. The zero-order chi connectivity index (χ0) is 11.5. The Hall–Kier alpha value is -0.870. The molecule has 16 heavy (non-hydrogen) atoms. The number of likely N-dealkylation sites (tertiary alicyclic amines) is 1. The van der Waals surface area contributed by atoms with E-state index < -0.39 is 5.97 Å². The van der Waals surface area contributed by atoms with E-state index in [-0.39, 0.29) is 5.92 Å². The normalized spacial score (nSPS) is 24.2. The van der Waals surface area contributed by atoms with E-state index in [0.717, 1.165) is 19.4 Å². The second-order valence-corrected chi connectivity index (χ2v) is 5.34. The van der Waals surface area contributed by atoms with Crippen LogP contribution in [0.15, 0.2) is 17.5 Å². The monoisotopic (exact) mass is 239 g/mol. The summed E-state index contributed by atoms with van der Waals surface area (Å²) >= 11 is 1.75. The number of nitrogens with zero attached hydrogens (tertiary/aromatic N) is 1. The van der Waals surface area contributed by atoms with Gasteiger partial charge in [-0.3, -0.25) is 9.69 Å². The fourth-order valence-corrected chi connectivity index (χ4v) is 3.09. The Labute approximate surface area is 99.7 Å². The lowest BCUT2D eigenvalue weighted by Gasteiger charge is -2.34. The molecule has 1 N–H and O–H groups in total. The SMILES string of the molecule is C[C@H](c1cccs1)N1CCC[C@@H](C(=O)O)C1. The fourth-order valence-electron chi connectivity index (χ4n) is 2.27. The Morgan fingerprint density at radius 3 is 3.12 bits per heavy atom. The van der Waals surface area contributed by atoms with E-state index in [1.165, 1.54) is 4.88 Å². The van der Waals surface area contributed by atoms with Crippen LogP contribution in [0.2, 0.25) is 0 Å². The molecule has 88 valence electrons. The van der Waals surface area contributed by atoms with Crippen molar-refractivity contribution in [1.29, 1.82) is 0 Å². The van der Waals surface area contributed by atoms with E-state index in [0.29, 0.717) is 12.6 Å². The van der Waals surface area contributed by atoms with Crippen LogP contribution in [0.25, 0.3) is 0 Å². The van der Waals surface area contributed by atoms with Gasteiger partial charge in [0.25, 0.3) is 0 Å². The van der Waals surface area contributed by atoms with Gasteiger partial charge in [0.1, 0.15) is 0 Å². The average Bonchev–Trinajstić information content (AvgIpc) is 2.81. The third-order valence-corrected chi connectivity index (χ3v) is 4.35. The van der Waals surface area contributed by atoms with Gasteiger partial charge in [-0.15, -0.1) is 11.3 Å². The summed E-state index contributed by atoms with van der Waals surface area (Å²) in [5.74, 6) is -0.834. The van der Waals surface area contributed by atoms with Crippen molar-refractivity contribution in [3.05, 3.63) is 22.4 Å². The summed E-state index contributed by atoms with van der Waals surface area (Å²) in [5, 5.41) is 11.1. The first-order chi connectivity index (χ1) is 7.68. The second-order valence-electron chi connectivity index (χ2n) is 4.36. The van der Waals surface area contributed by atoms with Gasteiger partial charge in [0.2, 0.25) is 0 Å².